The third kappa shape index (κ3) is 7.47. The highest BCUT2D eigenvalue weighted by Gasteiger charge is 2.09. The van der Waals surface area contributed by atoms with E-state index in [4.69, 9.17) is 14.2 Å². The molecule has 4 nitrogen and oxygen atoms in total. The molecule has 0 aliphatic heterocycles. The Morgan fingerprint density at radius 1 is 0.964 bits per heavy atom. The molecule has 1 atom stereocenters. The minimum absolute atomic E-state index is 0.399. The average molecular weight is 383 g/mol. The molecule has 2 rings (SSSR count). The van der Waals surface area contributed by atoms with Gasteiger partial charge in [0.15, 0.2) is 0 Å². The summed E-state index contributed by atoms with van der Waals surface area (Å²) in [6, 6.07) is 14.0. The zero-order chi connectivity index (χ0) is 20.2. The van der Waals surface area contributed by atoms with Crippen LogP contribution in [-0.4, -0.2) is 19.2 Å². The van der Waals surface area contributed by atoms with Crippen molar-refractivity contribution in [2.24, 2.45) is 5.92 Å². The van der Waals surface area contributed by atoms with Crippen LogP contribution < -0.4 is 14.2 Å². The zero-order valence-corrected chi connectivity index (χ0v) is 16.9. The molecule has 0 unspecified atom stereocenters. The molecule has 4 heteroatoms. The van der Waals surface area contributed by atoms with Crippen LogP contribution in [0, 0.1) is 5.92 Å². The topological polar surface area (TPSA) is 44.8 Å². The molecule has 0 aliphatic carbocycles. The Morgan fingerprint density at radius 3 is 2.14 bits per heavy atom. The van der Waals surface area contributed by atoms with Gasteiger partial charge in [-0.1, -0.05) is 26.3 Å². The number of hydrogen-bond acceptors (Lipinski definition) is 4. The lowest BCUT2D eigenvalue weighted by molar-refractivity contribution is 0.0734. The van der Waals surface area contributed by atoms with Crippen molar-refractivity contribution in [1.82, 2.24) is 0 Å². The number of rotatable bonds is 12. The Morgan fingerprint density at radius 2 is 1.54 bits per heavy atom. The maximum absolute atomic E-state index is 12.3. The summed E-state index contributed by atoms with van der Waals surface area (Å²) in [5.74, 6) is 2.31. The van der Waals surface area contributed by atoms with Gasteiger partial charge < -0.3 is 14.2 Å². The number of esters is 1. The van der Waals surface area contributed by atoms with E-state index in [1.165, 1.54) is 12.8 Å². The van der Waals surface area contributed by atoms with Crippen molar-refractivity contribution in [3.63, 3.8) is 0 Å². The SMILES string of the molecule is C=CCCOc1ccc(OC(=O)c2ccc(OCCC[C@@H](C)CC)cc2)cc1. The lowest BCUT2D eigenvalue weighted by atomic mass is 10.0. The maximum atomic E-state index is 12.3. The fourth-order valence-electron chi connectivity index (χ4n) is 2.54. The third-order valence-corrected chi connectivity index (χ3v) is 4.52. The fraction of sp³-hybridized carbons (Fsp3) is 0.375. The Hall–Kier alpha value is -2.75. The quantitative estimate of drug-likeness (QED) is 0.193. The Labute approximate surface area is 168 Å². The van der Waals surface area contributed by atoms with Crippen LogP contribution in [0.3, 0.4) is 0 Å². The van der Waals surface area contributed by atoms with Crippen LogP contribution in [0.2, 0.25) is 0 Å². The third-order valence-electron chi connectivity index (χ3n) is 4.52. The van der Waals surface area contributed by atoms with Gasteiger partial charge in [-0.25, -0.2) is 4.79 Å². The number of ether oxygens (including phenoxy) is 3. The molecule has 2 aromatic rings. The van der Waals surface area contributed by atoms with Gasteiger partial charge in [-0.2, -0.15) is 0 Å². The maximum Gasteiger partial charge on any atom is 0.343 e. The number of carbonyl (C=O) groups excluding carboxylic acids is 1. The lowest BCUT2D eigenvalue weighted by Crippen LogP contribution is -2.08. The van der Waals surface area contributed by atoms with Gasteiger partial charge >= 0.3 is 5.97 Å². The van der Waals surface area contributed by atoms with E-state index in [9.17, 15) is 4.79 Å². The van der Waals surface area contributed by atoms with Crippen LogP contribution in [0.25, 0.3) is 0 Å². The summed E-state index contributed by atoms with van der Waals surface area (Å²) in [6.45, 7) is 9.38. The van der Waals surface area contributed by atoms with Crippen molar-refractivity contribution in [1.29, 1.82) is 0 Å². The molecule has 0 aliphatic rings. The fourth-order valence-corrected chi connectivity index (χ4v) is 2.54. The monoisotopic (exact) mass is 382 g/mol. The second kappa shape index (κ2) is 11.9. The smallest absolute Gasteiger partial charge is 0.343 e. The van der Waals surface area contributed by atoms with E-state index in [2.05, 4.69) is 20.4 Å². The molecule has 0 fully saturated rings. The Balaban J connectivity index is 1.79. The largest absolute Gasteiger partial charge is 0.494 e. The van der Waals surface area contributed by atoms with Crippen molar-refractivity contribution in [3.05, 3.63) is 66.7 Å². The molecule has 0 heterocycles. The molecule has 0 bridgehead atoms. The number of hydrogen-bond donors (Lipinski definition) is 0. The summed E-state index contributed by atoms with van der Waals surface area (Å²) in [7, 11) is 0. The van der Waals surface area contributed by atoms with Crippen LogP contribution in [-0.2, 0) is 0 Å². The molecule has 0 saturated carbocycles. The van der Waals surface area contributed by atoms with E-state index in [1.807, 2.05) is 0 Å². The number of carbonyl (C=O) groups is 1. The van der Waals surface area contributed by atoms with E-state index in [0.29, 0.717) is 24.5 Å². The van der Waals surface area contributed by atoms with E-state index in [1.54, 1.807) is 54.6 Å². The highest BCUT2D eigenvalue weighted by molar-refractivity contribution is 5.91. The molecule has 0 N–H and O–H groups in total. The first kappa shape index (κ1) is 21.5. The van der Waals surface area contributed by atoms with Crippen LogP contribution in [0.5, 0.6) is 17.2 Å². The van der Waals surface area contributed by atoms with Crippen molar-refractivity contribution < 1.29 is 19.0 Å². The predicted octanol–water partition coefficient (Wildman–Crippen LogP) is 6.07. The van der Waals surface area contributed by atoms with Crippen molar-refractivity contribution in [3.8, 4) is 17.2 Å². The number of benzene rings is 2. The molecule has 0 spiro atoms. The van der Waals surface area contributed by atoms with Gasteiger partial charge in [0.1, 0.15) is 17.2 Å². The van der Waals surface area contributed by atoms with Gasteiger partial charge in [-0.3, -0.25) is 0 Å². The minimum Gasteiger partial charge on any atom is -0.494 e. The zero-order valence-electron chi connectivity index (χ0n) is 16.9. The summed E-state index contributed by atoms with van der Waals surface area (Å²) in [4.78, 5) is 12.3. The van der Waals surface area contributed by atoms with Gasteiger partial charge in [0.25, 0.3) is 0 Å². The van der Waals surface area contributed by atoms with Gasteiger partial charge in [-0.15, -0.1) is 6.58 Å². The van der Waals surface area contributed by atoms with Gasteiger partial charge in [0.05, 0.1) is 18.8 Å². The normalized spacial score (nSPS) is 11.5. The Kier molecular flexibility index (Phi) is 9.13. The lowest BCUT2D eigenvalue weighted by Gasteiger charge is -2.10. The second-order valence-electron chi connectivity index (χ2n) is 6.82. The van der Waals surface area contributed by atoms with Gasteiger partial charge in [0.2, 0.25) is 0 Å². The van der Waals surface area contributed by atoms with Crippen LogP contribution in [0.4, 0.5) is 0 Å². The molecule has 150 valence electrons. The summed E-state index contributed by atoms with van der Waals surface area (Å²) < 4.78 is 16.7. The van der Waals surface area contributed by atoms with Gasteiger partial charge in [-0.05, 0) is 73.7 Å². The first-order valence-electron chi connectivity index (χ1n) is 9.91. The molecule has 0 aromatic heterocycles. The second-order valence-corrected chi connectivity index (χ2v) is 6.82. The minimum atomic E-state index is -0.399. The van der Waals surface area contributed by atoms with Gasteiger partial charge in [0, 0.05) is 0 Å². The molecule has 28 heavy (non-hydrogen) atoms. The first-order valence-corrected chi connectivity index (χ1v) is 9.91. The molecule has 0 radical (unpaired) electrons. The summed E-state index contributed by atoms with van der Waals surface area (Å²) in [5, 5.41) is 0. The predicted molar refractivity (Wildman–Crippen MR) is 112 cm³/mol. The van der Waals surface area contributed by atoms with Crippen molar-refractivity contribution in [2.75, 3.05) is 13.2 Å². The summed E-state index contributed by atoms with van der Waals surface area (Å²) in [6.07, 6.45) is 5.99. The molecule has 0 amide bonds. The Bertz CT molecular complexity index is 719. The van der Waals surface area contributed by atoms with Crippen LogP contribution in [0.15, 0.2) is 61.2 Å². The van der Waals surface area contributed by atoms with Crippen molar-refractivity contribution in [2.45, 2.75) is 39.5 Å². The summed E-state index contributed by atoms with van der Waals surface area (Å²) >= 11 is 0. The van der Waals surface area contributed by atoms with Crippen molar-refractivity contribution >= 4 is 5.97 Å². The highest BCUT2D eigenvalue weighted by Crippen LogP contribution is 2.20. The molecular weight excluding hydrogens is 352 g/mol. The average Bonchev–Trinajstić information content (AvgIpc) is 2.73. The highest BCUT2D eigenvalue weighted by atomic mass is 16.5. The van der Waals surface area contributed by atoms with E-state index < -0.39 is 5.97 Å². The summed E-state index contributed by atoms with van der Waals surface area (Å²) in [5.41, 5.74) is 0.485. The van der Waals surface area contributed by atoms with Crippen LogP contribution >= 0.6 is 0 Å². The van der Waals surface area contributed by atoms with E-state index >= 15 is 0 Å². The molecule has 0 saturated heterocycles. The van der Waals surface area contributed by atoms with E-state index in [-0.39, 0.29) is 0 Å². The molecule has 2 aromatic carbocycles. The first-order chi connectivity index (χ1) is 13.6. The molecular formula is C24H30O4. The van der Waals surface area contributed by atoms with E-state index in [0.717, 1.165) is 30.3 Å². The standard InChI is InChI=1S/C24H30O4/c1-4-6-17-26-22-13-15-23(16-14-22)28-24(25)20-9-11-21(12-10-20)27-18-7-8-19(3)5-2/h4,9-16,19H,1,5-8,17-18H2,2-3H3/t19-/m0/s1. The van der Waals surface area contributed by atoms with Crippen LogP contribution in [0.1, 0.15) is 49.9 Å².